The van der Waals surface area contributed by atoms with E-state index in [1.807, 2.05) is 0 Å². The number of halogens is 3. The van der Waals surface area contributed by atoms with Crippen LogP contribution >= 0.6 is 0 Å². The van der Waals surface area contributed by atoms with Gasteiger partial charge in [-0.3, -0.25) is 0 Å². The molecule has 4 N–H and O–H groups in total. The minimum Gasteiger partial charge on any atom is -0.409 e. The van der Waals surface area contributed by atoms with E-state index in [4.69, 9.17) is 10.9 Å². The molecule has 13 heavy (non-hydrogen) atoms. The van der Waals surface area contributed by atoms with Gasteiger partial charge in [-0.1, -0.05) is 5.16 Å². The third kappa shape index (κ3) is 7.38. The van der Waals surface area contributed by atoms with E-state index < -0.39 is 18.6 Å². The van der Waals surface area contributed by atoms with E-state index in [2.05, 4.69) is 10.5 Å². The fourth-order valence-corrected chi connectivity index (χ4v) is 0.734. The van der Waals surface area contributed by atoms with Crippen LogP contribution < -0.4 is 11.1 Å². The summed E-state index contributed by atoms with van der Waals surface area (Å²) in [6.07, 6.45) is -5.14. The molecule has 0 amide bonds. The number of nitrogens with one attached hydrogen (secondary N) is 1. The van der Waals surface area contributed by atoms with E-state index in [-0.39, 0.29) is 12.4 Å². The first kappa shape index (κ1) is 12.0. The third-order valence-electron chi connectivity index (χ3n) is 1.30. The molecule has 0 bridgehead atoms. The number of nitrogens with zero attached hydrogens (tertiary/aromatic N) is 1. The summed E-state index contributed by atoms with van der Waals surface area (Å²) in [7, 11) is 0. The topological polar surface area (TPSA) is 70.6 Å². The molecule has 0 aliphatic carbocycles. The lowest BCUT2D eigenvalue weighted by Crippen LogP contribution is -2.37. The molecular formula is C6H12F3N3O. The van der Waals surface area contributed by atoms with Crippen molar-refractivity contribution < 1.29 is 18.4 Å². The molecular weight excluding hydrogens is 187 g/mol. The quantitative estimate of drug-likeness (QED) is 0.269. The Bertz CT molecular complexity index is 180. The minimum absolute atomic E-state index is 0.0618. The first-order valence-corrected chi connectivity index (χ1v) is 3.61. The summed E-state index contributed by atoms with van der Waals surface area (Å²) < 4.78 is 35.3. The second kappa shape index (κ2) is 4.90. The van der Waals surface area contributed by atoms with Gasteiger partial charge in [0.05, 0.1) is 13.0 Å². The monoisotopic (exact) mass is 199 g/mol. The Labute approximate surface area is 73.6 Å². The summed E-state index contributed by atoms with van der Waals surface area (Å²) in [6.45, 7) is 1.31. The van der Waals surface area contributed by atoms with Gasteiger partial charge in [0.1, 0.15) is 0 Å². The lowest BCUT2D eigenvalue weighted by atomic mass is 10.2. The van der Waals surface area contributed by atoms with Crippen LogP contribution in [0, 0.1) is 0 Å². The standard InChI is InChI=1S/C6H12F3N3O/c1-4(2-6(7,8)9)11-3-5(10)12-13/h4,11,13H,2-3H2,1H3,(H2,10,12). The van der Waals surface area contributed by atoms with Crippen LogP contribution in [0.3, 0.4) is 0 Å². The van der Waals surface area contributed by atoms with Crippen molar-refractivity contribution in [1.82, 2.24) is 5.32 Å². The molecule has 0 aromatic carbocycles. The molecule has 0 radical (unpaired) electrons. The summed E-state index contributed by atoms with van der Waals surface area (Å²) >= 11 is 0. The lowest BCUT2D eigenvalue weighted by molar-refractivity contribution is -0.138. The highest BCUT2D eigenvalue weighted by Gasteiger charge is 2.29. The van der Waals surface area contributed by atoms with Crippen LogP contribution in [-0.2, 0) is 0 Å². The van der Waals surface area contributed by atoms with Crippen molar-refractivity contribution in [3.63, 3.8) is 0 Å². The number of rotatable bonds is 4. The highest BCUT2D eigenvalue weighted by atomic mass is 19.4. The molecule has 4 nitrogen and oxygen atoms in total. The highest BCUT2D eigenvalue weighted by molar-refractivity contribution is 5.81. The average Bonchev–Trinajstić information content (AvgIpc) is 1.97. The molecule has 0 aromatic heterocycles. The van der Waals surface area contributed by atoms with Crippen LogP contribution in [-0.4, -0.2) is 29.8 Å². The SMILES string of the molecule is CC(CC(F)(F)F)NCC(N)=NO. The van der Waals surface area contributed by atoms with Gasteiger partial charge in [-0.15, -0.1) is 0 Å². The molecule has 0 saturated carbocycles. The predicted molar refractivity (Wildman–Crippen MR) is 41.5 cm³/mol. The summed E-state index contributed by atoms with van der Waals surface area (Å²) in [5.74, 6) is -0.144. The van der Waals surface area contributed by atoms with Crippen molar-refractivity contribution in [2.45, 2.75) is 25.6 Å². The van der Waals surface area contributed by atoms with Crippen LogP contribution in [0.15, 0.2) is 5.16 Å². The number of alkyl halides is 3. The molecule has 0 heterocycles. The van der Waals surface area contributed by atoms with Crippen LogP contribution in [0.1, 0.15) is 13.3 Å². The van der Waals surface area contributed by atoms with Gasteiger partial charge in [-0.2, -0.15) is 13.2 Å². The molecule has 1 atom stereocenters. The Hall–Kier alpha value is -0.980. The molecule has 0 fully saturated rings. The van der Waals surface area contributed by atoms with Gasteiger partial charge in [-0.05, 0) is 6.92 Å². The van der Waals surface area contributed by atoms with Gasteiger partial charge in [0, 0.05) is 6.04 Å². The Morgan fingerprint density at radius 3 is 2.54 bits per heavy atom. The van der Waals surface area contributed by atoms with E-state index >= 15 is 0 Å². The van der Waals surface area contributed by atoms with Crippen molar-refractivity contribution in [3.8, 4) is 0 Å². The van der Waals surface area contributed by atoms with E-state index in [1.165, 1.54) is 6.92 Å². The van der Waals surface area contributed by atoms with Crippen LogP contribution in [0.4, 0.5) is 13.2 Å². The molecule has 0 aliphatic rings. The maximum absolute atomic E-state index is 11.8. The fraction of sp³-hybridized carbons (Fsp3) is 0.833. The molecule has 78 valence electrons. The highest BCUT2D eigenvalue weighted by Crippen LogP contribution is 2.20. The maximum Gasteiger partial charge on any atom is 0.390 e. The van der Waals surface area contributed by atoms with E-state index in [1.54, 1.807) is 0 Å². The Balaban J connectivity index is 3.70. The number of nitrogens with two attached hydrogens (primary N) is 1. The smallest absolute Gasteiger partial charge is 0.390 e. The first-order valence-electron chi connectivity index (χ1n) is 3.61. The number of amidine groups is 1. The number of hydrogen-bond acceptors (Lipinski definition) is 3. The lowest BCUT2D eigenvalue weighted by Gasteiger charge is -2.14. The molecule has 0 saturated heterocycles. The molecule has 0 rings (SSSR count). The van der Waals surface area contributed by atoms with Crippen molar-refractivity contribution >= 4 is 5.84 Å². The van der Waals surface area contributed by atoms with Crippen molar-refractivity contribution in [3.05, 3.63) is 0 Å². The molecule has 7 heteroatoms. The summed E-state index contributed by atoms with van der Waals surface area (Å²) in [4.78, 5) is 0. The zero-order chi connectivity index (χ0) is 10.5. The van der Waals surface area contributed by atoms with Crippen LogP contribution in [0.5, 0.6) is 0 Å². The first-order chi connectivity index (χ1) is 5.85. The van der Waals surface area contributed by atoms with Crippen LogP contribution in [0.25, 0.3) is 0 Å². The van der Waals surface area contributed by atoms with Crippen molar-refractivity contribution in [2.24, 2.45) is 10.9 Å². The van der Waals surface area contributed by atoms with Gasteiger partial charge >= 0.3 is 6.18 Å². The second-order valence-electron chi connectivity index (χ2n) is 2.69. The van der Waals surface area contributed by atoms with E-state index in [0.29, 0.717) is 0 Å². The predicted octanol–water partition coefficient (Wildman–Crippen LogP) is 0.663. The Morgan fingerprint density at radius 1 is 1.62 bits per heavy atom. The summed E-state index contributed by atoms with van der Waals surface area (Å²) in [5, 5.41) is 13.1. The van der Waals surface area contributed by atoms with E-state index in [0.717, 1.165) is 0 Å². The zero-order valence-corrected chi connectivity index (χ0v) is 7.10. The van der Waals surface area contributed by atoms with Gasteiger partial charge < -0.3 is 16.3 Å². The van der Waals surface area contributed by atoms with Crippen LogP contribution in [0.2, 0.25) is 0 Å². The normalized spacial score (nSPS) is 15.8. The van der Waals surface area contributed by atoms with E-state index in [9.17, 15) is 13.2 Å². The molecule has 0 spiro atoms. The zero-order valence-electron chi connectivity index (χ0n) is 7.10. The maximum atomic E-state index is 11.8. The van der Waals surface area contributed by atoms with Gasteiger partial charge in [0.2, 0.25) is 0 Å². The number of oxime groups is 1. The summed E-state index contributed by atoms with van der Waals surface area (Å²) in [5.41, 5.74) is 5.04. The molecule has 0 aromatic rings. The summed E-state index contributed by atoms with van der Waals surface area (Å²) in [6, 6.07) is -0.750. The molecule has 1 unspecified atom stereocenters. The average molecular weight is 199 g/mol. The van der Waals surface area contributed by atoms with Crippen molar-refractivity contribution in [1.29, 1.82) is 0 Å². The fourth-order valence-electron chi connectivity index (χ4n) is 0.734. The minimum atomic E-state index is -4.20. The largest absolute Gasteiger partial charge is 0.409 e. The molecule has 0 aliphatic heterocycles. The van der Waals surface area contributed by atoms with Crippen molar-refractivity contribution in [2.75, 3.05) is 6.54 Å². The van der Waals surface area contributed by atoms with Gasteiger partial charge in [-0.25, -0.2) is 0 Å². The van der Waals surface area contributed by atoms with Gasteiger partial charge in [0.15, 0.2) is 5.84 Å². The number of hydrogen-bond donors (Lipinski definition) is 3. The van der Waals surface area contributed by atoms with Gasteiger partial charge in [0.25, 0.3) is 0 Å². The second-order valence-corrected chi connectivity index (χ2v) is 2.69. The Kier molecular flexibility index (Phi) is 4.53. The third-order valence-corrected chi connectivity index (χ3v) is 1.30. The Morgan fingerprint density at radius 2 is 2.15 bits per heavy atom.